The molecule has 0 bridgehead atoms. The van der Waals surface area contributed by atoms with Gasteiger partial charge in [0.1, 0.15) is 0 Å². The summed E-state index contributed by atoms with van der Waals surface area (Å²) in [6.07, 6.45) is 8.83. The Bertz CT molecular complexity index is 363. The van der Waals surface area contributed by atoms with Gasteiger partial charge in [-0.25, -0.2) is 9.59 Å². The zero-order valence-corrected chi connectivity index (χ0v) is 10.1. The van der Waals surface area contributed by atoms with Crippen LogP contribution in [0, 0.1) is 5.92 Å². The first-order chi connectivity index (χ1) is 9.21. The molecule has 0 aliphatic heterocycles. The van der Waals surface area contributed by atoms with E-state index in [1.807, 2.05) is 0 Å². The van der Waals surface area contributed by atoms with Gasteiger partial charge < -0.3 is 10.8 Å². The van der Waals surface area contributed by atoms with E-state index in [9.17, 15) is 9.59 Å². The van der Waals surface area contributed by atoms with E-state index in [0.29, 0.717) is 12.2 Å². The van der Waals surface area contributed by atoms with Crippen molar-refractivity contribution in [1.82, 2.24) is 0 Å². The quantitative estimate of drug-likeness (QED) is 0.560. The molecule has 1 aliphatic rings. The maximum Gasteiger partial charge on any atom is 0.237 e. The van der Waals surface area contributed by atoms with Crippen LogP contribution >= 0.6 is 0 Å². The number of hydrogen-bond acceptors (Lipinski definition) is 6. The Kier molecular flexibility index (Phi) is 15.4. The standard InChI is InChI=1S/C9H12N2O2.2CNO/c12-6-10-9(11-7-13)8-4-2-1-3-5-8;2*2-1-3/h8-9H,1-5H2;;/q;2*-1. The highest BCUT2D eigenvalue weighted by Crippen LogP contribution is 2.28. The van der Waals surface area contributed by atoms with Gasteiger partial charge in [0.2, 0.25) is 12.2 Å². The zero-order chi connectivity index (χ0) is 14.9. The summed E-state index contributed by atoms with van der Waals surface area (Å²) in [4.78, 5) is 43.6. The van der Waals surface area contributed by atoms with Gasteiger partial charge in [0.15, 0.2) is 6.17 Å². The van der Waals surface area contributed by atoms with Crippen LogP contribution in [0.5, 0.6) is 0 Å². The first-order valence-corrected chi connectivity index (χ1v) is 5.38. The summed E-state index contributed by atoms with van der Waals surface area (Å²) in [5.41, 5.74) is 0. The molecule has 0 atom stereocenters. The first kappa shape index (κ1) is 18.9. The third kappa shape index (κ3) is 11.8. The fourth-order valence-corrected chi connectivity index (χ4v) is 1.78. The molecule has 0 spiro atoms. The van der Waals surface area contributed by atoms with E-state index in [-0.39, 0.29) is 5.92 Å². The fourth-order valence-electron chi connectivity index (χ4n) is 1.78. The van der Waals surface area contributed by atoms with Gasteiger partial charge in [0.25, 0.3) is 0 Å². The minimum Gasteiger partial charge on any atom is -0.724 e. The molecule has 0 aromatic carbocycles. The molecule has 0 amide bonds. The smallest absolute Gasteiger partial charge is 0.237 e. The highest BCUT2D eigenvalue weighted by molar-refractivity contribution is 5.37. The number of aliphatic imine (C=N–C) groups is 2. The minimum atomic E-state index is -0.532. The van der Waals surface area contributed by atoms with Crippen molar-refractivity contribution in [2.24, 2.45) is 15.9 Å². The summed E-state index contributed by atoms with van der Waals surface area (Å²) in [6, 6.07) is 0. The molecule has 102 valence electrons. The minimum absolute atomic E-state index is 0.233. The second kappa shape index (κ2) is 15.5. The van der Waals surface area contributed by atoms with Crippen molar-refractivity contribution in [3.8, 4) is 0 Å². The molecule has 1 saturated carbocycles. The Morgan fingerprint density at radius 1 is 0.842 bits per heavy atom. The Balaban J connectivity index is 0. The maximum absolute atomic E-state index is 10.1. The van der Waals surface area contributed by atoms with E-state index in [2.05, 4.69) is 9.98 Å². The van der Waals surface area contributed by atoms with Crippen molar-refractivity contribution in [1.29, 1.82) is 0 Å². The van der Waals surface area contributed by atoms with Crippen molar-refractivity contribution in [3.63, 3.8) is 0 Å². The first-order valence-electron chi connectivity index (χ1n) is 5.38. The normalized spacial score (nSPS) is 14.3. The Hall–Kier alpha value is -2.48. The van der Waals surface area contributed by atoms with Gasteiger partial charge >= 0.3 is 0 Å². The number of rotatable bonds is 3. The van der Waals surface area contributed by atoms with Crippen LogP contribution in [0.2, 0.25) is 0 Å². The lowest BCUT2D eigenvalue weighted by molar-refractivity contribution is 0.310. The topological polar surface area (TPSA) is 138 Å². The van der Waals surface area contributed by atoms with Crippen LogP contribution in [0.1, 0.15) is 32.1 Å². The summed E-state index contributed by atoms with van der Waals surface area (Å²) in [5, 5.41) is 13.5. The van der Waals surface area contributed by atoms with Crippen LogP contribution in [0.15, 0.2) is 9.98 Å². The van der Waals surface area contributed by atoms with Crippen LogP contribution in [-0.2, 0) is 19.2 Å². The molecule has 0 radical (unpaired) electrons. The van der Waals surface area contributed by atoms with Gasteiger partial charge in [0, 0.05) is 5.92 Å². The van der Waals surface area contributed by atoms with Crippen LogP contribution in [0.4, 0.5) is 0 Å². The molecule has 19 heavy (non-hydrogen) atoms. The lowest BCUT2D eigenvalue weighted by Crippen LogP contribution is -2.19. The van der Waals surface area contributed by atoms with E-state index in [4.69, 9.17) is 20.4 Å². The van der Waals surface area contributed by atoms with Crippen LogP contribution < -0.4 is 0 Å². The van der Waals surface area contributed by atoms with E-state index >= 15 is 0 Å². The summed E-state index contributed by atoms with van der Waals surface area (Å²) in [5.74, 6) is 0.233. The van der Waals surface area contributed by atoms with Crippen molar-refractivity contribution in [2.75, 3.05) is 0 Å². The Labute approximate surface area is 109 Å². The molecule has 8 heteroatoms. The highest BCUT2D eigenvalue weighted by Gasteiger charge is 2.22. The zero-order valence-electron chi connectivity index (χ0n) is 10.1. The predicted molar refractivity (Wildman–Crippen MR) is 64.7 cm³/mol. The molecule has 1 rings (SSSR count). The van der Waals surface area contributed by atoms with Crippen LogP contribution in [0.25, 0.3) is 10.8 Å². The molecular formula is C11H12N4O4-2. The average molecular weight is 264 g/mol. The third-order valence-electron chi connectivity index (χ3n) is 2.44. The van der Waals surface area contributed by atoms with Gasteiger partial charge in [0.05, 0.1) is 0 Å². The summed E-state index contributed by atoms with van der Waals surface area (Å²) in [6.45, 7) is 0. The summed E-state index contributed by atoms with van der Waals surface area (Å²) in [7, 11) is 0. The summed E-state index contributed by atoms with van der Waals surface area (Å²) < 4.78 is 0. The number of hydrogen-bond donors (Lipinski definition) is 0. The fraction of sp³-hybridized carbons (Fsp3) is 0.636. The summed E-state index contributed by atoms with van der Waals surface area (Å²) >= 11 is 0. The number of isocyanates is 4. The molecule has 1 fully saturated rings. The second-order valence-corrected chi connectivity index (χ2v) is 3.44. The third-order valence-corrected chi connectivity index (χ3v) is 2.44. The SMILES string of the molecule is O=C=NC(N=C=O)C1CCCCC1.[N-]=C=O.[N-]=C=O. The van der Waals surface area contributed by atoms with Crippen molar-refractivity contribution >= 4 is 24.3 Å². The number of carbonyl (C=O) groups excluding carboxylic acids is 4. The van der Waals surface area contributed by atoms with Gasteiger partial charge in [-0.1, -0.05) is 19.3 Å². The van der Waals surface area contributed by atoms with Crippen molar-refractivity contribution in [3.05, 3.63) is 10.8 Å². The van der Waals surface area contributed by atoms with Crippen LogP contribution in [-0.4, -0.2) is 30.5 Å². The van der Waals surface area contributed by atoms with Gasteiger partial charge in [-0.3, -0.25) is 9.59 Å². The second-order valence-electron chi connectivity index (χ2n) is 3.44. The molecule has 1 aliphatic carbocycles. The van der Waals surface area contributed by atoms with Crippen LogP contribution in [0.3, 0.4) is 0 Å². The van der Waals surface area contributed by atoms with Gasteiger partial charge in [-0.2, -0.15) is 9.98 Å². The Morgan fingerprint density at radius 3 is 1.53 bits per heavy atom. The van der Waals surface area contributed by atoms with E-state index < -0.39 is 6.17 Å². The van der Waals surface area contributed by atoms with E-state index in [1.54, 1.807) is 0 Å². The molecular weight excluding hydrogens is 252 g/mol. The lowest BCUT2D eigenvalue weighted by Gasteiger charge is -2.22. The molecule has 0 unspecified atom stereocenters. The molecule has 0 saturated heterocycles. The average Bonchev–Trinajstić information content (AvgIpc) is 2.41. The van der Waals surface area contributed by atoms with Gasteiger partial charge in [-0.15, -0.1) is 0 Å². The van der Waals surface area contributed by atoms with Crippen molar-refractivity contribution in [2.45, 2.75) is 38.3 Å². The molecule has 0 aromatic rings. The highest BCUT2D eigenvalue weighted by atomic mass is 16.1. The Morgan fingerprint density at radius 2 is 1.21 bits per heavy atom. The molecule has 8 nitrogen and oxygen atoms in total. The predicted octanol–water partition coefficient (Wildman–Crippen LogP) is 1.35. The molecule has 0 N–H and O–H groups in total. The van der Waals surface area contributed by atoms with E-state index in [1.165, 1.54) is 18.6 Å². The number of nitrogens with zero attached hydrogens (tertiary/aromatic N) is 4. The lowest BCUT2D eigenvalue weighted by atomic mass is 9.87. The van der Waals surface area contributed by atoms with E-state index in [0.717, 1.165) is 25.7 Å². The maximum atomic E-state index is 10.1. The molecule has 0 aromatic heterocycles. The van der Waals surface area contributed by atoms with Crippen molar-refractivity contribution < 1.29 is 19.2 Å². The van der Waals surface area contributed by atoms with Gasteiger partial charge in [-0.05, 0) is 25.0 Å². The monoisotopic (exact) mass is 264 g/mol. The largest absolute Gasteiger partial charge is 0.724 e. The molecule has 0 heterocycles.